The third kappa shape index (κ3) is 5.69. The molecule has 0 unspecified atom stereocenters. The lowest BCUT2D eigenvalue weighted by Gasteiger charge is -2.09. The molecule has 0 atom stereocenters. The van der Waals surface area contributed by atoms with Crippen molar-refractivity contribution in [3.63, 3.8) is 0 Å². The van der Waals surface area contributed by atoms with E-state index in [9.17, 15) is 9.59 Å². The number of hydrogen-bond donors (Lipinski definition) is 1. The maximum Gasteiger partial charge on any atom is 0.310 e. The molecule has 0 saturated carbocycles. The predicted molar refractivity (Wildman–Crippen MR) is 94.3 cm³/mol. The summed E-state index contributed by atoms with van der Waals surface area (Å²) in [7, 11) is 3.05. The summed E-state index contributed by atoms with van der Waals surface area (Å²) in [5.41, 5.74) is 1.23. The van der Waals surface area contributed by atoms with Crippen LogP contribution in [0.15, 0.2) is 42.5 Å². The largest absolute Gasteiger partial charge is 0.497 e. The van der Waals surface area contributed by atoms with Crippen molar-refractivity contribution in [2.45, 2.75) is 6.42 Å². The molecule has 0 fully saturated rings. The highest BCUT2D eigenvalue weighted by Crippen LogP contribution is 2.27. The van der Waals surface area contributed by atoms with Crippen molar-refractivity contribution in [3.05, 3.63) is 53.1 Å². The van der Waals surface area contributed by atoms with Gasteiger partial charge in [-0.1, -0.05) is 23.7 Å². The summed E-state index contributed by atoms with van der Waals surface area (Å²) >= 11 is 5.98. The van der Waals surface area contributed by atoms with Crippen LogP contribution < -0.4 is 14.8 Å². The first-order chi connectivity index (χ1) is 12.0. The molecular formula is C18H18ClNO5. The molecule has 1 N–H and O–H groups in total. The molecule has 1 amide bonds. The molecule has 0 spiro atoms. The molecule has 2 aromatic carbocycles. The van der Waals surface area contributed by atoms with Crippen molar-refractivity contribution in [2.75, 3.05) is 26.1 Å². The molecule has 0 aliphatic heterocycles. The second-order valence-corrected chi connectivity index (χ2v) is 5.49. The Hall–Kier alpha value is -2.73. The Morgan fingerprint density at radius 1 is 1.08 bits per heavy atom. The van der Waals surface area contributed by atoms with Crippen LogP contribution in [-0.4, -0.2) is 32.7 Å². The third-order valence-corrected chi connectivity index (χ3v) is 3.58. The van der Waals surface area contributed by atoms with E-state index >= 15 is 0 Å². The zero-order valence-electron chi connectivity index (χ0n) is 13.9. The monoisotopic (exact) mass is 363 g/mol. The maximum absolute atomic E-state index is 11.9. The highest BCUT2D eigenvalue weighted by Gasteiger charge is 2.10. The van der Waals surface area contributed by atoms with Crippen LogP contribution in [0.25, 0.3) is 0 Å². The van der Waals surface area contributed by atoms with E-state index in [0.717, 1.165) is 5.56 Å². The summed E-state index contributed by atoms with van der Waals surface area (Å²) < 4.78 is 15.1. The van der Waals surface area contributed by atoms with Gasteiger partial charge in [0.15, 0.2) is 6.61 Å². The number of anilines is 1. The smallest absolute Gasteiger partial charge is 0.310 e. The highest BCUT2D eigenvalue weighted by atomic mass is 35.5. The predicted octanol–water partition coefficient (Wildman–Crippen LogP) is 3.08. The topological polar surface area (TPSA) is 73.9 Å². The molecule has 7 heteroatoms. The number of amides is 1. The van der Waals surface area contributed by atoms with Crippen LogP contribution in [-0.2, 0) is 20.7 Å². The Kier molecular flexibility index (Phi) is 6.65. The van der Waals surface area contributed by atoms with Crippen LogP contribution >= 0.6 is 11.6 Å². The van der Waals surface area contributed by atoms with Crippen LogP contribution in [0.3, 0.4) is 0 Å². The SMILES string of the molecule is COc1cccc(CC(=O)OCC(=O)Nc2ccc(OC)c(Cl)c2)c1. The molecule has 25 heavy (non-hydrogen) atoms. The fraction of sp³-hybridized carbons (Fsp3) is 0.222. The van der Waals surface area contributed by atoms with Gasteiger partial charge in [0, 0.05) is 5.69 Å². The van der Waals surface area contributed by atoms with Crippen LogP contribution in [0.1, 0.15) is 5.56 Å². The normalized spacial score (nSPS) is 10.0. The van der Waals surface area contributed by atoms with E-state index in [-0.39, 0.29) is 13.0 Å². The molecule has 2 aromatic rings. The second kappa shape index (κ2) is 8.94. The third-order valence-electron chi connectivity index (χ3n) is 3.28. The minimum Gasteiger partial charge on any atom is -0.497 e. The van der Waals surface area contributed by atoms with Gasteiger partial charge < -0.3 is 19.5 Å². The summed E-state index contributed by atoms with van der Waals surface area (Å²) in [6.45, 7) is -0.382. The van der Waals surface area contributed by atoms with Gasteiger partial charge in [0.1, 0.15) is 11.5 Å². The van der Waals surface area contributed by atoms with Crippen LogP contribution in [0.4, 0.5) is 5.69 Å². The lowest BCUT2D eigenvalue weighted by molar-refractivity contribution is -0.146. The van der Waals surface area contributed by atoms with Gasteiger partial charge in [-0.05, 0) is 35.9 Å². The molecule has 0 radical (unpaired) electrons. The fourth-order valence-corrected chi connectivity index (χ4v) is 2.35. The van der Waals surface area contributed by atoms with Crippen molar-refractivity contribution in [2.24, 2.45) is 0 Å². The van der Waals surface area contributed by atoms with E-state index in [1.54, 1.807) is 49.6 Å². The zero-order valence-corrected chi connectivity index (χ0v) is 14.6. The molecule has 0 bridgehead atoms. The zero-order chi connectivity index (χ0) is 18.2. The van der Waals surface area contributed by atoms with Crippen molar-refractivity contribution >= 4 is 29.2 Å². The average molecular weight is 364 g/mol. The Balaban J connectivity index is 1.82. The lowest BCUT2D eigenvalue weighted by Crippen LogP contribution is -2.21. The van der Waals surface area contributed by atoms with Gasteiger partial charge in [-0.25, -0.2) is 0 Å². The van der Waals surface area contributed by atoms with Crippen molar-refractivity contribution < 1.29 is 23.8 Å². The summed E-state index contributed by atoms with van der Waals surface area (Å²) in [6, 6.07) is 11.9. The summed E-state index contributed by atoms with van der Waals surface area (Å²) in [4.78, 5) is 23.7. The van der Waals surface area contributed by atoms with Gasteiger partial charge in [-0.2, -0.15) is 0 Å². The molecular weight excluding hydrogens is 346 g/mol. The summed E-state index contributed by atoms with van der Waals surface area (Å²) in [5, 5.41) is 2.97. The van der Waals surface area contributed by atoms with Crippen molar-refractivity contribution in [1.82, 2.24) is 0 Å². The van der Waals surface area contributed by atoms with E-state index in [1.807, 2.05) is 0 Å². The number of hydrogen-bond acceptors (Lipinski definition) is 5. The molecule has 0 aliphatic rings. The minimum absolute atomic E-state index is 0.0544. The number of halogens is 1. The molecule has 0 heterocycles. The number of rotatable bonds is 7. The molecule has 6 nitrogen and oxygen atoms in total. The highest BCUT2D eigenvalue weighted by molar-refractivity contribution is 6.32. The fourth-order valence-electron chi connectivity index (χ4n) is 2.09. The standard InChI is InChI=1S/C18H18ClNO5/c1-23-14-5-3-4-12(8-14)9-18(22)25-11-17(21)20-13-6-7-16(24-2)15(19)10-13/h3-8,10H,9,11H2,1-2H3,(H,20,21). The van der Waals surface area contributed by atoms with Gasteiger partial charge in [-0.3, -0.25) is 9.59 Å². The Morgan fingerprint density at radius 3 is 2.56 bits per heavy atom. The number of ether oxygens (including phenoxy) is 3. The van der Waals surface area contributed by atoms with E-state index in [4.69, 9.17) is 25.8 Å². The first kappa shape index (κ1) is 18.6. The van der Waals surface area contributed by atoms with E-state index < -0.39 is 11.9 Å². The van der Waals surface area contributed by atoms with Crippen molar-refractivity contribution in [1.29, 1.82) is 0 Å². The first-order valence-electron chi connectivity index (χ1n) is 7.43. The first-order valence-corrected chi connectivity index (χ1v) is 7.81. The average Bonchev–Trinajstić information content (AvgIpc) is 2.60. The van der Waals surface area contributed by atoms with E-state index in [2.05, 4.69) is 5.32 Å². The van der Waals surface area contributed by atoms with Crippen molar-refractivity contribution in [3.8, 4) is 11.5 Å². The molecule has 0 aromatic heterocycles. The van der Waals surface area contributed by atoms with Crippen LogP contribution in [0.5, 0.6) is 11.5 Å². The second-order valence-electron chi connectivity index (χ2n) is 5.09. The van der Waals surface area contributed by atoms with Gasteiger partial charge >= 0.3 is 5.97 Å². The number of carbonyl (C=O) groups excluding carboxylic acids is 2. The number of carbonyl (C=O) groups is 2. The number of nitrogens with one attached hydrogen (secondary N) is 1. The van der Waals surface area contributed by atoms with Gasteiger partial charge in [0.05, 0.1) is 25.7 Å². The summed E-state index contributed by atoms with van der Waals surface area (Å²) in [5.74, 6) is 0.195. The maximum atomic E-state index is 11.9. The molecule has 2 rings (SSSR count). The van der Waals surface area contributed by atoms with Gasteiger partial charge in [0.25, 0.3) is 5.91 Å². The minimum atomic E-state index is -0.504. The number of benzene rings is 2. The van der Waals surface area contributed by atoms with E-state index in [0.29, 0.717) is 22.2 Å². The lowest BCUT2D eigenvalue weighted by atomic mass is 10.1. The Labute approximate surface area is 150 Å². The Bertz CT molecular complexity index is 763. The molecule has 132 valence electrons. The van der Waals surface area contributed by atoms with Gasteiger partial charge in [-0.15, -0.1) is 0 Å². The quantitative estimate of drug-likeness (QED) is 0.765. The molecule has 0 aliphatic carbocycles. The van der Waals surface area contributed by atoms with E-state index in [1.165, 1.54) is 7.11 Å². The van der Waals surface area contributed by atoms with Crippen LogP contribution in [0, 0.1) is 0 Å². The van der Waals surface area contributed by atoms with Crippen LogP contribution in [0.2, 0.25) is 5.02 Å². The Morgan fingerprint density at radius 2 is 1.88 bits per heavy atom. The number of esters is 1. The molecule has 0 saturated heterocycles. The number of methoxy groups -OCH3 is 2. The van der Waals surface area contributed by atoms with Gasteiger partial charge in [0.2, 0.25) is 0 Å². The summed E-state index contributed by atoms with van der Waals surface area (Å²) in [6.07, 6.45) is 0.0544.